The predicted octanol–water partition coefficient (Wildman–Crippen LogP) is 4.32. The number of amides is 1. The van der Waals surface area contributed by atoms with Crippen molar-refractivity contribution < 1.29 is 19.0 Å². The Hall–Kier alpha value is -3.20. The molecule has 0 bridgehead atoms. The number of cyclic esters (lactones) is 1. The van der Waals surface area contributed by atoms with E-state index in [4.69, 9.17) is 25.8 Å². The Morgan fingerprint density at radius 3 is 2.67 bits per heavy atom. The van der Waals surface area contributed by atoms with Gasteiger partial charge in [0, 0.05) is 42.7 Å². The Balaban J connectivity index is 1.48. The molecule has 5 rings (SSSR count). The molecule has 9 heteroatoms. The first kappa shape index (κ1) is 21.6. The zero-order valence-corrected chi connectivity index (χ0v) is 18.6. The van der Waals surface area contributed by atoms with Gasteiger partial charge in [-0.2, -0.15) is 0 Å². The van der Waals surface area contributed by atoms with Gasteiger partial charge in [-0.3, -0.25) is 14.8 Å². The van der Waals surface area contributed by atoms with E-state index < -0.39 is 0 Å². The molecule has 0 saturated carbocycles. The number of morpholine rings is 1. The van der Waals surface area contributed by atoms with Gasteiger partial charge in [-0.25, -0.2) is 9.78 Å². The number of rotatable bonds is 6. The molecule has 1 aromatic heterocycles. The highest BCUT2D eigenvalue weighted by Gasteiger charge is 2.44. The summed E-state index contributed by atoms with van der Waals surface area (Å²) in [7, 11) is 0. The van der Waals surface area contributed by atoms with Crippen LogP contribution in [0.15, 0.2) is 67.1 Å². The average molecular weight is 467 g/mol. The second-order valence-electron chi connectivity index (χ2n) is 7.84. The fraction of sp³-hybridized carbons (Fsp3) is 0.292. The van der Waals surface area contributed by atoms with Crippen LogP contribution in [0.2, 0.25) is 5.02 Å². The smallest absolute Gasteiger partial charge is 0.415 e. The predicted molar refractivity (Wildman–Crippen MR) is 123 cm³/mol. The van der Waals surface area contributed by atoms with Gasteiger partial charge in [-0.15, -0.1) is 0 Å². The second kappa shape index (κ2) is 9.74. The molecule has 33 heavy (non-hydrogen) atoms. The molecule has 2 atom stereocenters. The Morgan fingerprint density at radius 2 is 1.91 bits per heavy atom. The Labute approximate surface area is 196 Å². The third-order valence-electron chi connectivity index (χ3n) is 5.69. The average Bonchev–Trinajstić information content (AvgIpc) is 3.16. The van der Waals surface area contributed by atoms with Crippen LogP contribution in [0.1, 0.15) is 11.6 Å². The Morgan fingerprint density at radius 1 is 1.09 bits per heavy atom. The molecule has 0 N–H and O–H groups in total. The van der Waals surface area contributed by atoms with Crippen LogP contribution in [0.25, 0.3) is 0 Å². The van der Waals surface area contributed by atoms with Crippen molar-refractivity contribution in [1.82, 2.24) is 14.9 Å². The van der Waals surface area contributed by atoms with E-state index in [1.165, 1.54) is 0 Å². The van der Waals surface area contributed by atoms with Gasteiger partial charge in [0.05, 0.1) is 19.4 Å². The third-order valence-corrected chi connectivity index (χ3v) is 5.94. The van der Waals surface area contributed by atoms with Crippen molar-refractivity contribution in [2.75, 3.05) is 37.7 Å². The molecule has 2 aromatic carbocycles. The largest absolute Gasteiger partial charge is 0.442 e. The zero-order valence-electron chi connectivity index (χ0n) is 17.8. The molecule has 3 heterocycles. The minimum atomic E-state index is -0.388. The summed E-state index contributed by atoms with van der Waals surface area (Å²) in [4.78, 5) is 25.2. The molecule has 0 unspecified atom stereocenters. The fourth-order valence-electron chi connectivity index (χ4n) is 4.16. The highest BCUT2D eigenvalue weighted by molar-refractivity contribution is 6.30. The molecule has 8 nitrogen and oxygen atoms in total. The van der Waals surface area contributed by atoms with Crippen LogP contribution in [0.3, 0.4) is 0 Å². The number of ether oxygens (including phenoxy) is 3. The van der Waals surface area contributed by atoms with Crippen LogP contribution in [-0.2, 0) is 9.47 Å². The zero-order chi connectivity index (χ0) is 22.6. The normalized spacial score (nSPS) is 21.1. The quantitative estimate of drug-likeness (QED) is 0.535. The number of nitrogens with zero attached hydrogens (tertiary/aromatic N) is 4. The lowest BCUT2D eigenvalue weighted by Gasteiger charge is -2.31. The highest BCUT2D eigenvalue weighted by Crippen LogP contribution is 2.39. The molecule has 1 amide bonds. The van der Waals surface area contributed by atoms with Crippen LogP contribution < -0.4 is 9.64 Å². The van der Waals surface area contributed by atoms with Crippen molar-refractivity contribution in [3.63, 3.8) is 0 Å². The van der Waals surface area contributed by atoms with Crippen LogP contribution in [0, 0.1) is 0 Å². The van der Waals surface area contributed by atoms with Gasteiger partial charge in [0.1, 0.15) is 17.9 Å². The first-order valence-corrected chi connectivity index (χ1v) is 11.1. The molecule has 2 aliphatic heterocycles. The van der Waals surface area contributed by atoms with Gasteiger partial charge in [0.15, 0.2) is 0 Å². The topological polar surface area (TPSA) is 77.0 Å². The summed E-state index contributed by atoms with van der Waals surface area (Å²) in [6.45, 7) is 3.57. The molecule has 0 radical (unpaired) electrons. The summed E-state index contributed by atoms with van der Waals surface area (Å²) in [5.41, 5.74) is 1.62. The molecule has 2 aliphatic rings. The van der Waals surface area contributed by atoms with Gasteiger partial charge >= 0.3 is 6.09 Å². The standard InChI is InChI=1S/C24H23ClN4O4/c25-18-4-6-19(7-5-18)29-23(21(33-24(29)30)16-28-10-12-31-13-11-28)17-2-1-3-20(14-17)32-22-15-26-8-9-27-22/h1-9,14-15,21,23H,10-13,16H2/t21-,23-/m0/s1. The lowest BCUT2D eigenvalue weighted by molar-refractivity contribution is 0.0147. The van der Waals surface area contributed by atoms with E-state index in [0.29, 0.717) is 36.4 Å². The molecular weight excluding hydrogens is 444 g/mol. The van der Waals surface area contributed by atoms with Crippen molar-refractivity contribution in [3.05, 3.63) is 77.7 Å². The number of halogens is 1. The minimum Gasteiger partial charge on any atom is -0.442 e. The monoisotopic (exact) mass is 466 g/mol. The molecule has 3 aromatic rings. The van der Waals surface area contributed by atoms with Crippen molar-refractivity contribution >= 4 is 23.4 Å². The maximum atomic E-state index is 13.0. The van der Waals surface area contributed by atoms with E-state index in [9.17, 15) is 4.79 Å². The van der Waals surface area contributed by atoms with Crippen LogP contribution >= 0.6 is 11.6 Å². The number of hydrogen-bond donors (Lipinski definition) is 0. The number of anilines is 1. The number of aromatic nitrogens is 2. The number of carbonyl (C=O) groups excluding carboxylic acids is 1. The van der Waals surface area contributed by atoms with E-state index >= 15 is 0 Å². The van der Waals surface area contributed by atoms with Gasteiger partial charge in [-0.05, 0) is 42.0 Å². The van der Waals surface area contributed by atoms with E-state index in [1.807, 2.05) is 36.4 Å². The maximum Gasteiger partial charge on any atom is 0.415 e. The molecule has 0 spiro atoms. The van der Waals surface area contributed by atoms with Gasteiger partial charge in [-0.1, -0.05) is 23.7 Å². The summed E-state index contributed by atoms with van der Waals surface area (Å²) in [6.07, 6.45) is 3.96. The van der Waals surface area contributed by atoms with Gasteiger partial charge < -0.3 is 14.2 Å². The first-order chi connectivity index (χ1) is 16.2. The van der Waals surface area contributed by atoms with Crippen LogP contribution in [0.5, 0.6) is 11.6 Å². The molecule has 2 saturated heterocycles. The number of benzene rings is 2. The summed E-state index contributed by atoms with van der Waals surface area (Å²) < 4.78 is 17.3. The van der Waals surface area contributed by atoms with Crippen molar-refractivity contribution in [1.29, 1.82) is 0 Å². The fourth-order valence-corrected chi connectivity index (χ4v) is 4.28. The van der Waals surface area contributed by atoms with E-state index in [2.05, 4.69) is 14.9 Å². The van der Waals surface area contributed by atoms with Gasteiger partial charge in [0.25, 0.3) is 0 Å². The second-order valence-corrected chi connectivity index (χ2v) is 8.28. The van der Waals surface area contributed by atoms with E-state index in [0.717, 1.165) is 24.3 Å². The minimum absolute atomic E-state index is 0.341. The number of carbonyl (C=O) groups is 1. The Kier molecular flexibility index (Phi) is 6.39. The summed E-state index contributed by atoms with van der Waals surface area (Å²) in [6, 6.07) is 14.5. The molecule has 2 fully saturated rings. The highest BCUT2D eigenvalue weighted by atomic mass is 35.5. The maximum absolute atomic E-state index is 13.0. The van der Waals surface area contributed by atoms with Crippen molar-refractivity contribution in [2.24, 2.45) is 0 Å². The van der Waals surface area contributed by atoms with Crippen molar-refractivity contribution in [2.45, 2.75) is 12.1 Å². The van der Waals surface area contributed by atoms with Gasteiger partial charge in [0.2, 0.25) is 5.88 Å². The molecule has 0 aliphatic carbocycles. The number of hydrogen-bond acceptors (Lipinski definition) is 7. The summed E-state index contributed by atoms with van der Waals surface area (Å²) in [5.74, 6) is 1.00. The lowest BCUT2D eigenvalue weighted by atomic mass is 9.99. The molecule has 170 valence electrons. The summed E-state index contributed by atoms with van der Waals surface area (Å²) >= 11 is 6.08. The summed E-state index contributed by atoms with van der Waals surface area (Å²) in [5, 5.41) is 0.604. The molecular formula is C24H23ClN4O4. The lowest BCUT2D eigenvalue weighted by Crippen LogP contribution is -2.43. The Bertz CT molecular complexity index is 1090. The first-order valence-electron chi connectivity index (χ1n) is 10.8. The van der Waals surface area contributed by atoms with E-state index in [-0.39, 0.29) is 18.2 Å². The van der Waals surface area contributed by atoms with Crippen LogP contribution in [-0.4, -0.2) is 59.9 Å². The SMILES string of the molecule is O=C1O[C@@H](CN2CCOCC2)[C@H](c2cccc(Oc3cnccn3)c2)N1c1ccc(Cl)cc1. The van der Waals surface area contributed by atoms with Crippen molar-refractivity contribution in [3.8, 4) is 11.6 Å². The third kappa shape index (κ3) is 4.93. The van der Waals surface area contributed by atoms with Crippen LogP contribution in [0.4, 0.5) is 10.5 Å². The van der Waals surface area contributed by atoms with E-state index in [1.54, 1.807) is 35.6 Å².